The SMILES string of the molecule is O=S(=O)(c1ccc2sccc2c1)C(F)(F)F. The van der Waals surface area contributed by atoms with Crippen molar-refractivity contribution >= 4 is 31.3 Å². The minimum absolute atomic E-state index is 0.496. The Kier molecular flexibility index (Phi) is 2.47. The van der Waals surface area contributed by atoms with Crippen molar-refractivity contribution in [2.24, 2.45) is 0 Å². The molecule has 2 rings (SSSR count). The molecule has 0 N–H and O–H groups in total. The molecule has 0 spiro atoms. The first-order valence-electron chi connectivity index (χ1n) is 4.11. The lowest BCUT2D eigenvalue weighted by molar-refractivity contribution is -0.0435. The van der Waals surface area contributed by atoms with Crippen molar-refractivity contribution in [3.8, 4) is 0 Å². The van der Waals surface area contributed by atoms with Crippen LogP contribution in [0.15, 0.2) is 34.5 Å². The summed E-state index contributed by atoms with van der Waals surface area (Å²) in [5, 5.41) is 2.18. The molecule has 86 valence electrons. The normalized spacial score (nSPS) is 13.2. The second-order valence-corrected chi connectivity index (χ2v) is 5.96. The Morgan fingerprint density at radius 2 is 1.81 bits per heavy atom. The molecule has 0 fully saturated rings. The van der Waals surface area contributed by atoms with Crippen LogP contribution >= 0.6 is 11.3 Å². The lowest BCUT2D eigenvalue weighted by Crippen LogP contribution is -2.23. The standard InChI is InChI=1S/C9H5F3O2S2/c10-9(11,12)16(13,14)7-1-2-8-6(5-7)3-4-15-8/h1-5H. The lowest BCUT2D eigenvalue weighted by atomic mass is 10.3. The van der Waals surface area contributed by atoms with Crippen LogP contribution in [-0.4, -0.2) is 13.9 Å². The van der Waals surface area contributed by atoms with E-state index in [-0.39, 0.29) is 0 Å². The minimum Gasteiger partial charge on any atom is -0.214 e. The molecule has 0 saturated carbocycles. The van der Waals surface area contributed by atoms with Crippen LogP contribution in [0.2, 0.25) is 0 Å². The highest BCUT2D eigenvalue weighted by Gasteiger charge is 2.46. The predicted molar refractivity (Wildman–Crippen MR) is 55.1 cm³/mol. The van der Waals surface area contributed by atoms with Gasteiger partial charge in [-0.1, -0.05) is 0 Å². The van der Waals surface area contributed by atoms with E-state index < -0.39 is 20.2 Å². The molecule has 0 radical (unpaired) electrons. The number of benzene rings is 1. The van der Waals surface area contributed by atoms with Crippen LogP contribution in [0.25, 0.3) is 10.1 Å². The highest BCUT2D eigenvalue weighted by molar-refractivity contribution is 7.92. The number of thiophene rings is 1. The van der Waals surface area contributed by atoms with Gasteiger partial charge >= 0.3 is 5.51 Å². The summed E-state index contributed by atoms with van der Waals surface area (Å²) in [6.45, 7) is 0. The summed E-state index contributed by atoms with van der Waals surface area (Å²) >= 11 is 1.34. The molecular weight excluding hydrogens is 261 g/mol. The monoisotopic (exact) mass is 266 g/mol. The van der Waals surface area contributed by atoms with E-state index in [0.29, 0.717) is 5.39 Å². The Morgan fingerprint density at radius 3 is 2.44 bits per heavy atom. The van der Waals surface area contributed by atoms with Gasteiger partial charge in [0, 0.05) is 4.70 Å². The van der Waals surface area contributed by atoms with Gasteiger partial charge in [-0.05, 0) is 35.0 Å². The number of hydrogen-bond acceptors (Lipinski definition) is 3. The van der Waals surface area contributed by atoms with E-state index in [2.05, 4.69) is 0 Å². The van der Waals surface area contributed by atoms with E-state index in [1.807, 2.05) is 0 Å². The van der Waals surface area contributed by atoms with Gasteiger partial charge in [-0.2, -0.15) is 13.2 Å². The first kappa shape index (κ1) is 11.4. The summed E-state index contributed by atoms with van der Waals surface area (Å²) in [5.41, 5.74) is -5.25. The van der Waals surface area contributed by atoms with Crippen LogP contribution in [0.3, 0.4) is 0 Å². The average Bonchev–Trinajstić information content (AvgIpc) is 2.61. The zero-order valence-electron chi connectivity index (χ0n) is 7.65. The quantitative estimate of drug-likeness (QED) is 0.794. The smallest absolute Gasteiger partial charge is 0.214 e. The molecule has 2 aromatic rings. The number of halogens is 3. The van der Waals surface area contributed by atoms with Crippen molar-refractivity contribution in [2.45, 2.75) is 10.4 Å². The highest BCUT2D eigenvalue weighted by Crippen LogP contribution is 2.32. The van der Waals surface area contributed by atoms with E-state index in [1.54, 1.807) is 11.4 Å². The van der Waals surface area contributed by atoms with Gasteiger partial charge in [0.25, 0.3) is 9.84 Å². The van der Waals surface area contributed by atoms with Gasteiger partial charge in [-0.3, -0.25) is 0 Å². The summed E-state index contributed by atoms with van der Waals surface area (Å²) in [4.78, 5) is -0.717. The van der Waals surface area contributed by atoms with Crippen molar-refractivity contribution in [1.29, 1.82) is 0 Å². The Bertz CT molecular complexity index is 625. The molecule has 1 aromatic heterocycles. The molecule has 1 aromatic carbocycles. The van der Waals surface area contributed by atoms with Gasteiger partial charge < -0.3 is 0 Å². The molecule has 0 unspecified atom stereocenters. The lowest BCUT2D eigenvalue weighted by Gasteiger charge is -2.07. The number of alkyl halides is 3. The van der Waals surface area contributed by atoms with Crippen LogP contribution in [0, 0.1) is 0 Å². The fourth-order valence-electron chi connectivity index (χ4n) is 1.25. The van der Waals surface area contributed by atoms with Gasteiger partial charge in [-0.25, -0.2) is 8.42 Å². The Morgan fingerprint density at radius 1 is 1.12 bits per heavy atom. The molecule has 0 saturated heterocycles. The number of hydrogen-bond donors (Lipinski definition) is 0. The topological polar surface area (TPSA) is 34.1 Å². The molecule has 0 bridgehead atoms. The van der Waals surface area contributed by atoms with Gasteiger partial charge in [0.2, 0.25) is 0 Å². The van der Waals surface area contributed by atoms with E-state index in [1.165, 1.54) is 17.4 Å². The van der Waals surface area contributed by atoms with E-state index in [0.717, 1.165) is 16.8 Å². The maximum atomic E-state index is 12.3. The van der Waals surface area contributed by atoms with Crippen LogP contribution < -0.4 is 0 Å². The van der Waals surface area contributed by atoms with Crippen molar-refractivity contribution < 1.29 is 21.6 Å². The molecule has 0 amide bonds. The van der Waals surface area contributed by atoms with Crippen molar-refractivity contribution in [2.75, 3.05) is 0 Å². The molecule has 0 aliphatic heterocycles. The summed E-state index contributed by atoms with van der Waals surface area (Å²) in [6.07, 6.45) is 0. The van der Waals surface area contributed by atoms with Crippen LogP contribution in [0.1, 0.15) is 0 Å². The minimum atomic E-state index is -5.25. The van der Waals surface area contributed by atoms with Crippen LogP contribution in [0.5, 0.6) is 0 Å². The van der Waals surface area contributed by atoms with Crippen LogP contribution in [-0.2, 0) is 9.84 Å². The fraction of sp³-hybridized carbons (Fsp3) is 0.111. The van der Waals surface area contributed by atoms with Crippen molar-refractivity contribution in [1.82, 2.24) is 0 Å². The van der Waals surface area contributed by atoms with Crippen molar-refractivity contribution in [3.63, 3.8) is 0 Å². The van der Waals surface area contributed by atoms with E-state index in [9.17, 15) is 21.6 Å². The zero-order valence-corrected chi connectivity index (χ0v) is 9.29. The highest BCUT2D eigenvalue weighted by atomic mass is 32.2. The summed E-state index contributed by atoms with van der Waals surface area (Å²) in [5.74, 6) is 0. The second kappa shape index (κ2) is 3.46. The molecule has 7 heteroatoms. The zero-order chi connectivity index (χ0) is 12.0. The Hall–Kier alpha value is -1.08. The van der Waals surface area contributed by atoms with Crippen LogP contribution in [0.4, 0.5) is 13.2 Å². The predicted octanol–water partition coefficient (Wildman–Crippen LogP) is 3.19. The largest absolute Gasteiger partial charge is 0.501 e. The average molecular weight is 266 g/mol. The maximum Gasteiger partial charge on any atom is 0.501 e. The Balaban J connectivity index is 2.64. The maximum absolute atomic E-state index is 12.3. The third-order valence-electron chi connectivity index (χ3n) is 2.04. The molecular formula is C9H5F3O2S2. The van der Waals surface area contributed by atoms with E-state index in [4.69, 9.17) is 0 Å². The number of fused-ring (bicyclic) bond motifs is 1. The van der Waals surface area contributed by atoms with Crippen molar-refractivity contribution in [3.05, 3.63) is 29.6 Å². The summed E-state index contributed by atoms with van der Waals surface area (Å²) < 4.78 is 59.7. The molecule has 0 atom stereocenters. The third kappa shape index (κ3) is 1.69. The first-order chi connectivity index (χ1) is 7.32. The van der Waals surface area contributed by atoms with Gasteiger partial charge in [0.15, 0.2) is 0 Å². The van der Waals surface area contributed by atoms with E-state index >= 15 is 0 Å². The summed E-state index contributed by atoms with van der Waals surface area (Å²) in [6, 6.07) is 4.96. The molecule has 0 aliphatic carbocycles. The Labute approximate surface area is 93.2 Å². The molecule has 1 heterocycles. The number of rotatable bonds is 1. The third-order valence-corrected chi connectivity index (χ3v) is 4.42. The fourth-order valence-corrected chi connectivity index (χ4v) is 2.81. The second-order valence-electron chi connectivity index (χ2n) is 3.07. The van der Waals surface area contributed by atoms with Gasteiger partial charge in [-0.15, -0.1) is 11.3 Å². The summed E-state index contributed by atoms with van der Waals surface area (Å²) in [7, 11) is -5.24. The number of sulfone groups is 1. The molecule has 16 heavy (non-hydrogen) atoms. The molecule has 0 aliphatic rings. The first-order valence-corrected chi connectivity index (χ1v) is 6.47. The van der Waals surface area contributed by atoms with Gasteiger partial charge in [0.05, 0.1) is 4.90 Å². The van der Waals surface area contributed by atoms with Gasteiger partial charge in [0.1, 0.15) is 0 Å². The molecule has 2 nitrogen and oxygen atoms in total.